The third-order valence-corrected chi connectivity index (χ3v) is 3.41. The zero-order chi connectivity index (χ0) is 11.5. The number of hydrogen-bond acceptors (Lipinski definition) is 4. The first-order chi connectivity index (χ1) is 7.66. The van der Waals surface area contributed by atoms with Gasteiger partial charge in [-0.05, 0) is 12.5 Å². The van der Waals surface area contributed by atoms with Gasteiger partial charge in [0, 0.05) is 12.8 Å². The molecule has 1 aromatic heterocycles. The lowest BCUT2D eigenvalue weighted by molar-refractivity contribution is 0.796. The van der Waals surface area contributed by atoms with Gasteiger partial charge in [-0.3, -0.25) is 4.57 Å². The van der Waals surface area contributed by atoms with Gasteiger partial charge in [0.25, 0.3) is 0 Å². The van der Waals surface area contributed by atoms with Gasteiger partial charge in [-0.2, -0.15) is 0 Å². The molecule has 0 saturated heterocycles. The maximum absolute atomic E-state index is 5.61. The van der Waals surface area contributed by atoms with Crippen molar-refractivity contribution in [2.24, 2.45) is 7.05 Å². The van der Waals surface area contributed by atoms with Gasteiger partial charge in [0.2, 0.25) is 5.95 Å². The quantitative estimate of drug-likeness (QED) is 0.825. The van der Waals surface area contributed by atoms with E-state index < -0.39 is 0 Å². The van der Waals surface area contributed by atoms with Gasteiger partial charge >= 0.3 is 0 Å². The van der Waals surface area contributed by atoms with Crippen molar-refractivity contribution < 1.29 is 0 Å². The number of aryl methyl sites for hydroxylation is 1. The average molecular weight is 234 g/mol. The number of anilines is 1. The molecule has 0 aliphatic heterocycles. The molecule has 0 bridgehead atoms. The second-order valence-corrected chi connectivity index (χ2v) is 4.62. The molecule has 0 unspecified atom stereocenters. The molecule has 2 N–H and O–H groups in total. The Bertz CT molecular complexity index is 492. The highest BCUT2D eigenvalue weighted by Crippen LogP contribution is 2.21. The minimum atomic E-state index is 0.451. The van der Waals surface area contributed by atoms with Crippen molar-refractivity contribution in [1.82, 2.24) is 14.8 Å². The zero-order valence-corrected chi connectivity index (χ0v) is 10.2. The Labute approximate surface area is 98.9 Å². The molecule has 0 amide bonds. The predicted octanol–water partition coefficient (Wildman–Crippen LogP) is 2.00. The van der Waals surface area contributed by atoms with E-state index in [0.29, 0.717) is 5.95 Å². The maximum Gasteiger partial charge on any atom is 0.222 e. The van der Waals surface area contributed by atoms with Gasteiger partial charge in [-0.25, -0.2) is 0 Å². The van der Waals surface area contributed by atoms with Crippen molar-refractivity contribution in [2.45, 2.75) is 17.8 Å². The lowest BCUT2D eigenvalue weighted by atomic mass is 10.2. The summed E-state index contributed by atoms with van der Waals surface area (Å²) >= 11 is 1.64. The number of nitrogen functional groups attached to an aromatic ring is 1. The van der Waals surface area contributed by atoms with Crippen molar-refractivity contribution in [2.75, 3.05) is 5.73 Å². The first-order valence-corrected chi connectivity index (χ1v) is 5.98. The van der Waals surface area contributed by atoms with E-state index in [1.54, 1.807) is 16.3 Å². The van der Waals surface area contributed by atoms with E-state index in [9.17, 15) is 0 Å². The fourth-order valence-corrected chi connectivity index (χ4v) is 2.26. The summed E-state index contributed by atoms with van der Waals surface area (Å²) in [7, 11) is 1.87. The molecule has 1 heterocycles. The van der Waals surface area contributed by atoms with Crippen LogP contribution in [0.3, 0.4) is 0 Å². The SMILES string of the molecule is Cc1cccc(CSc2nnc(N)n2C)c1. The Balaban J connectivity index is 2.05. The minimum absolute atomic E-state index is 0.451. The van der Waals surface area contributed by atoms with Crippen molar-refractivity contribution in [3.05, 3.63) is 35.4 Å². The zero-order valence-electron chi connectivity index (χ0n) is 9.34. The normalized spacial score (nSPS) is 10.6. The lowest BCUT2D eigenvalue weighted by Gasteiger charge is -2.02. The van der Waals surface area contributed by atoms with Crippen LogP contribution in [0.2, 0.25) is 0 Å². The molecule has 0 aliphatic carbocycles. The summed E-state index contributed by atoms with van der Waals surface area (Å²) in [5, 5.41) is 8.67. The molecule has 0 atom stereocenters. The topological polar surface area (TPSA) is 56.7 Å². The van der Waals surface area contributed by atoms with E-state index in [0.717, 1.165) is 10.9 Å². The molecule has 2 rings (SSSR count). The van der Waals surface area contributed by atoms with Crippen molar-refractivity contribution in [3.8, 4) is 0 Å². The number of nitrogens with zero attached hydrogens (tertiary/aromatic N) is 3. The van der Waals surface area contributed by atoms with Crippen LogP contribution in [-0.2, 0) is 12.8 Å². The first kappa shape index (κ1) is 11.0. The van der Waals surface area contributed by atoms with Crippen molar-refractivity contribution in [1.29, 1.82) is 0 Å². The molecule has 0 spiro atoms. The van der Waals surface area contributed by atoms with Gasteiger partial charge < -0.3 is 5.73 Å². The molecule has 0 radical (unpaired) electrons. The highest BCUT2D eigenvalue weighted by molar-refractivity contribution is 7.98. The Morgan fingerprint density at radius 1 is 1.38 bits per heavy atom. The van der Waals surface area contributed by atoms with Gasteiger partial charge in [-0.1, -0.05) is 41.6 Å². The van der Waals surface area contributed by atoms with Crippen LogP contribution in [0.1, 0.15) is 11.1 Å². The second kappa shape index (κ2) is 4.57. The monoisotopic (exact) mass is 234 g/mol. The highest BCUT2D eigenvalue weighted by atomic mass is 32.2. The third-order valence-electron chi connectivity index (χ3n) is 2.32. The number of nitrogens with two attached hydrogens (primary N) is 1. The number of aromatic nitrogens is 3. The van der Waals surface area contributed by atoms with Crippen LogP contribution >= 0.6 is 11.8 Å². The molecule has 5 heteroatoms. The molecule has 0 saturated carbocycles. The van der Waals surface area contributed by atoms with E-state index >= 15 is 0 Å². The Kier molecular flexibility index (Phi) is 3.14. The standard InChI is InChI=1S/C11H14N4S/c1-8-4-3-5-9(6-8)7-16-11-14-13-10(12)15(11)2/h3-6H,7H2,1-2H3,(H2,12,13). The van der Waals surface area contributed by atoms with E-state index in [4.69, 9.17) is 5.73 Å². The van der Waals surface area contributed by atoms with Crippen molar-refractivity contribution in [3.63, 3.8) is 0 Å². The van der Waals surface area contributed by atoms with E-state index in [1.165, 1.54) is 11.1 Å². The molecular weight excluding hydrogens is 220 g/mol. The number of rotatable bonds is 3. The fraction of sp³-hybridized carbons (Fsp3) is 0.273. The number of thioether (sulfide) groups is 1. The summed E-state index contributed by atoms with van der Waals surface area (Å²) in [6, 6.07) is 8.44. The van der Waals surface area contributed by atoms with Gasteiger partial charge in [0.15, 0.2) is 5.16 Å². The predicted molar refractivity (Wildman–Crippen MR) is 66.2 cm³/mol. The van der Waals surface area contributed by atoms with Gasteiger partial charge in [-0.15, -0.1) is 10.2 Å². The molecule has 1 aromatic carbocycles. The molecule has 4 nitrogen and oxygen atoms in total. The van der Waals surface area contributed by atoms with Gasteiger partial charge in [0.1, 0.15) is 0 Å². The van der Waals surface area contributed by atoms with Crippen LogP contribution in [0.5, 0.6) is 0 Å². The first-order valence-electron chi connectivity index (χ1n) is 5.00. The van der Waals surface area contributed by atoms with E-state index in [-0.39, 0.29) is 0 Å². The summed E-state index contributed by atoms with van der Waals surface area (Å²) < 4.78 is 1.79. The average Bonchev–Trinajstić information content (AvgIpc) is 2.57. The van der Waals surface area contributed by atoms with Crippen LogP contribution in [-0.4, -0.2) is 14.8 Å². The van der Waals surface area contributed by atoms with Crippen LogP contribution in [0, 0.1) is 6.92 Å². The highest BCUT2D eigenvalue weighted by Gasteiger charge is 2.05. The summed E-state index contributed by atoms with van der Waals surface area (Å²) in [5.74, 6) is 1.33. The van der Waals surface area contributed by atoms with E-state index in [1.807, 2.05) is 7.05 Å². The summed E-state index contributed by atoms with van der Waals surface area (Å²) in [6.45, 7) is 2.09. The second-order valence-electron chi connectivity index (χ2n) is 3.68. The summed E-state index contributed by atoms with van der Waals surface area (Å²) in [6.07, 6.45) is 0. The summed E-state index contributed by atoms with van der Waals surface area (Å²) in [5.41, 5.74) is 8.17. The molecular formula is C11H14N4S. The van der Waals surface area contributed by atoms with Crippen LogP contribution in [0.15, 0.2) is 29.4 Å². The van der Waals surface area contributed by atoms with Crippen LogP contribution < -0.4 is 5.73 Å². The molecule has 2 aromatic rings. The molecule has 0 fully saturated rings. The summed E-state index contributed by atoms with van der Waals surface area (Å²) in [4.78, 5) is 0. The van der Waals surface area contributed by atoms with Crippen LogP contribution in [0.25, 0.3) is 0 Å². The lowest BCUT2D eigenvalue weighted by Crippen LogP contribution is -1.98. The molecule has 16 heavy (non-hydrogen) atoms. The molecule has 0 aliphatic rings. The fourth-order valence-electron chi connectivity index (χ4n) is 1.40. The maximum atomic E-state index is 5.61. The number of hydrogen-bond donors (Lipinski definition) is 1. The largest absolute Gasteiger partial charge is 0.368 e. The Morgan fingerprint density at radius 3 is 2.81 bits per heavy atom. The Morgan fingerprint density at radius 2 is 2.19 bits per heavy atom. The molecule has 84 valence electrons. The number of benzene rings is 1. The van der Waals surface area contributed by atoms with Crippen LogP contribution in [0.4, 0.5) is 5.95 Å². The smallest absolute Gasteiger partial charge is 0.222 e. The minimum Gasteiger partial charge on any atom is -0.368 e. The van der Waals surface area contributed by atoms with Gasteiger partial charge in [0.05, 0.1) is 0 Å². The van der Waals surface area contributed by atoms with E-state index in [2.05, 4.69) is 41.4 Å². The van der Waals surface area contributed by atoms with Crippen molar-refractivity contribution >= 4 is 17.7 Å². The third kappa shape index (κ3) is 2.36. The Hall–Kier alpha value is -1.49.